The minimum atomic E-state index is -0.265. The first kappa shape index (κ1) is 21.8. The second-order valence-electron chi connectivity index (χ2n) is 8.72. The molecule has 1 saturated heterocycles. The Morgan fingerprint density at radius 2 is 1.50 bits per heavy atom. The molecule has 0 aliphatic carbocycles. The van der Waals surface area contributed by atoms with Gasteiger partial charge in [0, 0.05) is 37.0 Å². The number of aromatic nitrogens is 2. The van der Waals surface area contributed by atoms with Gasteiger partial charge in [-0.05, 0) is 30.0 Å². The molecule has 1 aliphatic rings. The molecule has 0 bridgehead atoms. The number of piperidine rings is 1. The van der Waals surface area contributed by atoms with Crippen LogP contribution in [0.5, 0.6) is 0 Å². The number of fused-ring (bicyclic) bond motifs is 1. The maximum absolute atomic E-state index is 13.4. The van der Waals surface area contributed by atoms with Gasteiger partial charge >= 0.3 is 0 Å². The predicted molar refractivity (Wildman–Crippen MR) is 132 cm³/mol. The van der Waals surface area contributed by atoms with E-state index in [4.69, 9.17) is 0 Å². The monoisotopic (exact) mass is 451 g/mol. The molecule has 34 heavy (non-hydrogen) atoms. The van der Waals surface area contributed by atoms with Crippen molar-refractivity contribution in [2.24, 2.45) is 13.0 Å². The summed E-state index contributed by atoms with van der Waals surface area (Å²) in [5.74, 6) is -0.460. The Hall–Kier alpha value is -4.06. The highest BCUT2D eigenvalue weighted by Gasteiger charge is 2.31. The molecule has 1 fully saturated rings. The van der Waals surface area contributed by atoms with Gasteiger partial charge in [0.25, 0.3) is 11.5 Å². The highest BCUT2D eigenvalue weighted by molar-refractivity contribution is 6.05. The summed E-state index contributed by atoms with van der Waals surface area (Å²) in [5.41, 5.74) is 2.83. The average Bonchev–Trinajstić information content (AvgIpc) is 2.90. The van der Waals surface area contributed by atoms with E-state index in [1.807, 2.05) is 54.6 Å². The van der Waals surface area contributed by atoms with Crippen molar-refractivity contribution in [1.82, 2.24) is 14.7 Å². The number of carbonyl (C=O) groups excluding carboxylic acids is 2. The van der Waals surface area contributed by atoms with Gasteiger partial charge in [0.15, 0.2) is 11.5 Å². The van der Waals surface area contributed by atoms with Crippen LogP contribution in [0.3, 0.4) is 0 Å². The SMILES string of the molecule is Cn1nc(C(=O)N2CCCC(C(=O)c3ccc(-c4ccccc4)cc3)C2)c2ccccc2c1=O. The number of Topliss-reactive ketones (excluding diaryl/α,β-unsaturated/α-hetero) is 1. The quantitative estimate of drug-likeness (QED) is 0.433. The van der Waals surface area contributed by atoms with Crippen LogP contribution in [0.25, 0.3) is 21.9 Å². The third-order valence-electron chi connectivity index (χ3n) is 6.52. The second-order valence-corrected chi connectivity index (χ2v) is 8.72. The zero-order valence-electron chi connectivity index (χ0n) is 19.0. The van der Waals surface area contributed by atoms with Gasteiger partial charge in [0.1, 0.15) is 0 Å². The number of carbonyl (C=O) groups is 2. The Morgan fingerprint density at radius 1 is 0.853 bits per heavy atom. The zero-order chi connectivity index (χ0) is 23.7. The van der Waals surface area contributed by atoms with Crippen molar-refractivity contribution in [2.45, 2.75) is 12.8 Å². The predicted octanol–water partition coefficient (Wildman–Crippen LogP) is 4.34. The molecule has 170 valence electrons. The van der Waals surface area contributed by atoms with E-state index in [9.17, 15) is 14.4 Å². The summed E-state index contributed by atoms with van der Waals surface area (Å²) in [6, 6.07) is 24.7. The first-order valence-corrected chi connectivity index (χ1v) is 11.5. The van der Waals surface area contributed by atoms with Crippen molar-refractivity contribution >= 4 is 22.5 Å². The average molecular weight is 452 g/mol. The maximum Gasteiger partial charge on any atom is 0.274 e. The van der Waals surface area contributed by atoms with Crippen molar-refractivity contribution in [1.29, 1.82) is 0 Å². The summed E-state index contributed by atoms with van der Waals surface area (Å²) in [4.78, 5) is 40.8. The van der Waals surface area contributed by atoms with E-state index in [2.05, 4.69) is 5.10 Å². The summed E-state index contributed by atoms with van der Waals surface area (Å²) >= 11 is 0. The summed E-state index contributed by atoms with van der Waals surface area (Å²) in [6.07, 6.45) is 1.48. The molecular formula is C28H25N3O3. The van der Waals surface area contributed by atoms with E-state index in [1.54, 1.807) is 36.2 Å². The molecule has 1 atom stereocenters. The number of rotatable bonds is 4. The standard InChI is InChI=1S/C28H25N3O3/c1-30-27(33)24-12-6-5-11-23(24)25(29-30)28(34)31-17-7-10-22(18-31)26(32)21-15-13-20(14-16-21)19-8-3-2-4-9-19/h2-6,8-9,11-16,22H,7,10,17-18H2,1H3. The highest BCUT2D eigenvalue weighted by atomic mass is 16.2. The number of hydrogen-bond acceptors (Lipinski definition) is 4. The van der Waals surface area contributed by atoms with Crippen LogP contribution in [0.2, 0.25) is 0 Å². The zero-order valence-corrected chi connectivity index (χ0v) is 19.0. The molecule has 0 radical (unpaired) electrons. The molecule has 6 nitrogen and oxygen atoms in total. The lowest BCUT2D eigenvalue weighted by atomic mass is 9.89. The van der Waals surface area contributed by atoms with Crippen molar-refractivity contribution in [2.75, 3.05) is 13.1 Å². The van der Waals surface area contributed by atoms with Gasteiger partial charge in [-0.2, -0.15) is 5.10 Å². The number of likely N-dealkylation sites (tertiary alicyclic amines) is 1. The fourth-order valence-corrected chi connectivity index (χ4v) is 4.68. The maximum atomic E-state index is 13.4. The van der Waals surface area contributed by atoms with Crippen LogP contribution >= 0.6 is 0 Å². The lowest BCUT2D eigenvalue weighted by Crippen LogP contribution is -2.43. The molecule has 1 amide bonds. The van der Waals surface area contributed by atoms with Crippen molar-refractivity contribution in [3.63, 3.8) is 0 Å². The summed E-state index contributed by atoms with van der Waals surface area (Å²) in [6.45, 7) is 0.908. The van der Waals surface area contributed by atoms with Gasteiger partial charge in [0.05, 0.1) is 5.39 Å². The van der Waals surface area contributed by atoms with Crippen LogP contribution in [0.1, 0.15) is 33.7 Å². The van der Waals surface area contributed by atoms with Crippen molar-refractivity contribution in [3.05, 3.63) is 100 Å². The minimum Gasteiger partial charge on any atom is -0.336 e. The molecule has 5 rings (SSSR count). The third-order valence-corrected chi connectivity index (χ3v) is 6.52. The lowest BCUT2D eigenvalue weighted by Gasteiger charge is -2.32. The summed E-state index contributed by atoms with van der Waals surface area (Å²) < 4.78 is 1.20. The molecule has 2 heterocycles. The van der Waals surface area contributed by atoms with E-state index in [-0.39, 0.29) is 28.9 Å². The van der Waals surface area contributed by atoms with Gasteiger partial charge in [-0.1, -0.05) is 72.8 Å². The highest BCUT2D eigenvalue weighted by Crippen LogP contribution is 2.25. The molecule has 4 aromatic rings. The molecule has 3 aromatic carbocycles. The number of amides is 1. The number of nitrogens with zero attached hydrogens (tertiary/aromatic N) is 3. The van der Waals surface area contributed by atoms with Crippen molar-refractivity contribution in [3.8, 4) is 11.1 Å². The van der Waals surface area contributed by atoms with Crippen LogP contribution in [0, 0.1) is 5.92 Å². The van der Waals surface area contributed by atoms with E-state index in [1.165, 1.54) is 4.68 Å². The number of hydrogen-bond donors (Lipinski definition) is 0. The normalized spacial score (nSPS) is 15.9. The second kappa shape index (κ2) is 9.06. The van der Waals surface area contributed by atoms with E-state index in [0.717, 1.165) is 24.0 Å². The number of aryl methyl sites for hydroxylation is 1. The van der Waals surface area contributed by atoms with E-state index in [0.29, 0.717) is 29.4 Å². The van der Waals surface area contributed by atoms with Gasteiger partial charge < -0.3 is 4.90 Å². The molecular weight excluding hydrogens is 426 g/mol. The summed E-state index contributed by atoms with van der Waals surface area (Å²) in [5, 5.41) is 5.28. The van der Waals surface area contributed by atoms with Crippen LogP contribution in [0.15, 0.2) is 83.7 Å². The molecule has 0 saturated carbocycles. The third kappa shape index (κ3) is 4.03. The van der Waals surface area contributed by atoms with Crippen LogP contribution in [-0.4, -0.2) is 39.5 Å². The minimum absolute atomic E-state index is 0.0513. The van der Waals surface area contributed by atoms with Crippen LogP contribution in [-0.2, 0) is 7.05 Å². The van der Waals surface area contributed by atoms with Gasteiger partial charge in [0.2, 0.25) is 0 Å². The Kier molecular flexibility index (Phi) is 5.80. The Labute approximate surface area is 197 Å². The Balaban J connectivity index is 1.37. The Morgan fingerprint density at radius 3 is 2.24 bits per heavy atom. The fourth-order valence-electron chi connectivity index (χ4n) is 4.68. The van der Waals surface area contributed by atoms with E-state index >= 15 is 0 Å². The van der Waals surface area contributed by atoms with Gasteiger partial charge in [-0.25, -0.2) is 4.68 Å². The topological polar surface area (TPSA) is 72.3 Å². The molecule has 6 heteroatoms. The smallest absolute Gasteiger partial charge is 0.274 e. The largest absolute Gasteiger partial charge is 0.336 e. The van der Waals surface area contributed by atoms with E-state index < -0.39 is 0 Å². The summed E-state index contributed by atoms with van der Waals surface area (Å²) in [7, 11) is 1.55. The number of benzene rings is 3. The lowest BCUT2D eigenvalue weighted by molar-refractivity contribution is 0.0632. The van der Waals surface area contributed by atoms with Gasteiger partial charge in [-0.3, -0.25) is 14.4 Å². The van der Waals surface area contributed by atoms with Crippen LogP contribution < -0.4 is 5.56 Å². The van der Waals surface area contributed by atoms with Crippen molar-refractivity contribution < 1.29 is 9.59 Å². The Bertz CT molecular complexity index is 1430. The first-order chi connectivity index (χ1) is 16.5. The molecule has 0 spiro atoms. The van der Waals surface area contributed by atoms with Crippen LogP contribution in [0.4, 0.5) is 0 Å². The molecule has 1 unspecified atom stereocenters. The number of ketones is 1. The molecule has 1 aromatic heterocycles. The van der Waals surface area contributed by atoms with Gasteiger partial charge in [-0.15, -0.1) is 0 Å². The molecule has 0 N–H and O–H groups in total. The molecule has 1 aliphatic heterocycles. The first-order valence-electron chi connectivity index (χ1n) is 11.5. The fraction of sp³-hybridized carbons (Fsp3) is 0.214.